The lowest BCUT2D eigenvalue weighted by Crippen LogP contribution is -2.35. The van der Waals surface area contributed by atoms with Crippen molar-refractivity contribution in [2.24, 2.45) is 11.7 Å². The van der Waals surface area contributed by atoms with Crippen molar-refractivity contribution in [3.8, 4) is 11.5 Å². The Morgan fingerprint density at radius 3 is 2.76 bits per heavy atom. The highest BCUT2D eigenvalue weighted by Crippen LogP contribution is 2.39. The van der Waals surface area contributed by atoms with Crippen LogP contribution in [0.5, 0.6) is 11.5 Å². The fraction of sp³-hybridized carbons (Fsp3) is 0.533. The van der Waals surface area contributed by atoms with Crippen molar-refractivity contribution in [2.45, 2.75) is 26.3 Å². The van der Waals surface area contributed by atoms with Crippen molar-refractivity contribution < 1.29 is 14.3 Å². The molecule has 3 N–H and O–H groups in total. The molecule has 1 aliphatic rings. The molecule has 0 fully saturated rings. The number of carbonyl (C=O) groups is 1. The molecule has 1 amide bonds. The zero-order valence-electron chi connectivity index (χ0n) is 12.3. The number of hydrogen-bond acceptors (Lipinski definition) is 4. The van der Waals surface area contributed by atoms with Crippen LogP contribution in [0.1, 0.15) is 31.9 Å². The Kier molecular flexibility index (Phi) is 5.47. The van der Waals surface area contributed by atoms with Gasteiger partial charge in [0.25, 0.3) is 0 Å². The SMILES string of the molecule is CC(C)CNC(C(N)=O)c1cc(Br)c2c(c1)OCCCO2. The molecule has 0 aliphatic carbocycles. The van der Waals surface area contributed by atoms with E-state index in [0.717, 1.165) is 16.5 Å². The topological polar surface area (TPSA) is 73.6 Å². The number of amides is 1. The smallest absolute Gasteiger partial charge is 0.239 e. The van der Waals surface area contributed by atoms with Gasteiger partial charge in [-0.3, -0.25) is 4.79 Å². The Morgan fingerprint density at radius 2 is 2.10 bits per heavy atom. The second-order valence-electron chi connectivity index (χ2n) is 5.52. The summed E-state index contributed by atoms with van der Waals surface area (Å²) in [5.74, 6) is 1.35. The third-order valence-electron chi connectivity index (χ3n) is 3.17. The summed E-state index contributed by atoms with van der Waals surface area (Å²) in [6.07, 6.45) is 0.835. The molecule has 1 unspecified atom stereocenters. The van der Waals surface area contributed by atoms with Gasteiger partial charge in [-0.05, 0) is 46.1 Å². The van der Waals surface area contributed by atoms with Crippen LogP contribution in [-0.2, 0) is 4.79 Å². The Hall–Kier alpha value is -1.27. The van der Waals surface area contributed by atoms with Gasteiger partial charge in [-0.1, -0.05) is 13.8 Å². The molecule has 0 bridgehead atoms. The molecule has 0 radical (unpaired) electrons. The van der Waals surface area contributed by atoms with Crippen molar-refractivity contribution in [3.05, 3.63) is 22.2 Å². The number of hydrogen-bond donors (Lipinski definition) is 2. The summed E-state index contributed by atoms with van der Waals surface area (Å²) in [5, 5.41) is 3.19. The first-order valence-corrected chi connectivity index (χ1v) is 7.90. The molecule has 1 atom stereocenters. The van der Waals surface area contributed by atoms with Crippen molar-refractivity contribution >= 4 is 21.8 Å². The van der Waals surface area contributed by atoms with Gasteiger partial charge >= 0.3 is 0 Å². The highest BCUT2D eigenvalue weighted by atomic mass is 79.9. The van der Waals surface area contributed by atoms with E-state index in [1.165, 1.54) is 0 Å². The highest BCUT2D eigenvalue weighted by molar-refractivity contribution is 9.10. The maximum Gasteiger partial charge on any atom is 0.239 e. The number of fused-ring (bicyclic) bond motifs is 1. The van der Waals surface area contributed by atoms with E-state index in [4.69, 9.17) is 15.2 Å². The van der Waals surface area contributed by atoms with E-state index in [2.05, 4.69) is 35.1 Å². The van der Waals surface area contributed by atoms with Gasteiger partial charge in [0.1, 0.15) is 6.04 Å². The average molecular weight is 357 g/mol. The van der Waals surface area contributed by atoms with Crippen LogP contribution in [0.25, 0.3) is 0 Å². The number of nitrogens with one attached hydrogen (secondary N) is 1. The molecular weight excluding hydrogens is 336 g/mol. The standard InChI is InChI=1S/C15H21BrN2O3/c1-9(2)8-18-13(15(17)19)10-6-11(16)14-12(7-10)20-4-3-5-21-14/h6-7,9,13,18H,3-5,8H2,1-2H3,(H2,17,19). The van der Waals surface area contributed by atoms with Crippen LogP contribution in [0.15, 0.2) is 16.6 Å². The van der Waals surface area contributed by atoms with Crippen LogP contribution >= 0.6 is 15.9 Å². The molecule has 6 heteroatoms. The lowest BCUT2D eigenvalue weighted by Gasteiger charge is -2.19. The Morgan fingerprint density at radius 1 is 1.38 bits per heavy atom. The quantitative estimate of drug-likeness (QED) is 0.849. The van der Waals surface area contributed by atoms with E-state index >= 15 is 0 Å². The van der Waals surface area contributed by atoms with Crippen molar-refractivity contribution in [2.75, 3.05) is 19.8 Å². The molecule has 2 rings (SSSR count). The van der Waals surface area contributed by atoms with Gasteiger partial charge in [0, 0.05) is 6.42 Å². The maximum absolute atomic E-state index is 11.7. The molecular formula is C15H21BrN2O3. The first kappa shape index (κ1) is 16.1. The van der Waals surface area contributed by atoms with E-state index < -0.39 is 11.9 Å². The maximum atomic E-state index is 11.7. The minimum atomic E-state index is -0.541. The Bertz CT molecular complexity index is 520. The fourth-order valence-electron chi connectivity index (χ4n) is 2.15. The monoisotopic (exact) mass is 356 g/mol. The highest BCUT2D eigenvalue weighted by Gasteiger charge is 2.22. The largest absolute Gasteiger partial charge is 0.490 e. The number of rotatable bonds is 5. The number of benzene rings is 1. The number of halogens is 1. The van der Waals surface area contributed by atoms with Crippen LogP contribution in [0.4, 0.5) is 0 Å². The van der Waals surface area contributed by atoms with Crippen molar-refractivity contribution in [1.29, 1.82) is 0 Å². The molecule has 116 valence electrons. The summed E-state index contributed by atoms with van der Waals surface area (Å²) >= 11 is 3.48. The number of primary amides is 1. The summed E-state index contributed by atoms with van der Waals surface area (Å²) < 4.78 is 12.1. The summed E-state index contributed by atoms with van der Waals surface area (Å²) in [4.78, 5) is 11.7. The van der Waals surface area contributed by atoms with Crippen molar-refractivity contribution in [1.82, 2.24) is 5.32 Å². The van der Waals surface area contributed by atoms with E-state index in [0.29, 0.717) is 37.2 Å². The fourth-order valence-corrected chi connectivity index (χ4v) is 2.73. The van der Waals surface area contributed by atoms with E-state index in [1.807, 2.05) is 12.1 Å². The number of nitrogens with two attached hydrogens (primary N) is 1. The van der Waals surface area contributed by atoms with Crippen molar-refractivity contribution in [3.63, 3.8) is 0 Å². The lowest BCUT2D eigenvalue weighted by molar-refractivity contribution is -0.120. The van der Waals surface area contributed by atoms with E-state index in [-0.39, 0.29) is 0 Å². The first-order valence-electron chi connectivity index (χ1n) is 7.10. The Balaban J connectivity index is 2.30. The van der Waals surface area contributed by atoms with E-state index in [9.17, 15) is 4.79 Å². The van der Waals surface area contributed by atoms with Crippen LogP contribution in [0, 0.1) is 5.92 Å². The van der Waals surface area contributed by atoms with Gasteiger partial charge in [-0.25, -0.2) is 0 Å². The summed E-state index contributed by atoms with van der Waals surface area (Å²) in [5.41, 5.74) is 6.30. The molecule has 0 saturated heterocycles. The second kappa shape index (κ2) is 7.13. The average Bonchev–Trinajstić information content (AvgIpc) is 2.63. The Labute approximate surface area is 133 Å². The molecule has 0 saturated carbocycles. The zero-order valence-corrected chi connectivity index (χ0v) is 13.9. The molecule has 5 nitrogen and oxygen atoms in total. The second-order valence-corrected chi connectivity index (χ2v) is 6.37. The van der Waals surface area contributed by atoms with Crippen LogP contribution in [0.3, 0.4) is 0 Å². The van der Waals surface area contributed by atoms with Gasteiger partial charge in [-0.2, -0.15) is 0 Å². The zero-order chi connectivity index (χ0) is 15.4. The summed E-state index contributed by atoms with van der Waals surface area (Å²) in [7, 11) is 0. The summed E-state index contributed by atoms with van der Waals surface area (Å²) in [6, 6.07) is 3.14. The predicted octanol–water partition coefficient (Wildman–Crippen LogP) is 2.38. The molecule has 1 aromatic carbocycles. The molecule has 1 aromatic rings. The number of carbonyl (C=O) groups excluding carboxylic acids is 1. The molecule has 1 heterocycles. The van der Waals surface area contributed by atoms with Crippen LogP contribution in [-0.4, -0.2) is 25.7 Å². The molecule has 1 aliphatic heterocycles. The van der Waals surface area contributed by atoms with Crippen LogP contribution in [0.2, 0.25) is 0 Å². The summed E-state index contributed by atoms with van der Waals surface area (Å²) in [6.45, 7) is 6.09. The lowest BCUT2D eigenvalue weighted by atomic mass is 10.0. The van der Waals surface area contributed by atoms with Gasteiger partial charge in [0.15, 0.2) is 11.5 Å². The minimum absolute atomic E-state index is 0.406. The number of ether oxygens (including phenoxy) is 2. The molecule has 0 aromatic heterocycles. The van der Waals surface area contributed by atoms with Gasteiger partial charge in [0.2, 0.25) is 5.91 Å². The molecule has 21 heavy (non-hydrogen) atoms. The minimum Gasteiger partial charge on any atom is -0.490 e. The first-order chi connectivity index (χ1) is 9.99. The third-order valence-corrected chi connectivity index (χ3v) is 3.76. The van der Waals surface area contributed by atoms with Gasteiger partial charge < -0.3 is 20.5 Å². The van der Waals surface area contributed by atoms with Gasteiger partial charge in [-0.15, -0.1) is 0 Å². The van der Waals surface area contributed by atoms with Crippen LogP contribution < -0.4 is 20.5 Å². The third kappa shape index (κ3) is 4.11. The predicted molar refractivity (Wildman–Crippen MR) is 84.5 cm³/mol. The molecule has 0 spiro atoms. The normalized spacial score (nSPS) is 15.6. The van der Waals surface area contributed by atoms with E-state index in [1.54, 1.807) is 0 Å². The van der Waals surface area contributed by atoms with Gasteiger partial charge in [0.05, 0.1) is 17.7 Å².